The molecule has 0 heterocycles. The summed E-state index contributed by atoms with van der Waals surface area (Å²) in [5, 5.41) is 0. The lowest BCUT2D eigenvalue weighted by Gasteiger charge is -2.06. The second kappa shape index (κ2) is 11.3. The van der Waals surface area contributed by atoms with E-state index in [-0.39, 0.29) is 0 Å². The third-order valence-corrected chi connectivity index (χ3v) is 4.78. The Kier molecular flexibility index (Phi) is 7.92. The number of rotatable bonds is 8. The van der Waals surface area contributed by atoms with E-state index in [0.29, 0.717) is 11.5 Å². The highest BCUT2D eigenvalue weighted by Crippen LogP contribution is 2.19. The van der Waals surface area contributed by atoms with Crippen molar-refractivity contribution in [3.8, 4) is 11.5 Å². The number of ether oxygens (including phenoxy) is 2. The molecular formula is C29H24O4. The molecule has 0 spiro atoms. The molecule has 0 bridgehead atoms. The van der Waals surface area contributed by atoms with Crippen LogP contribution in [0.25, 0.3) is 24.3 Å². The lowest BCUT2D eigenvalue weighted by atomic mass is 10.1. The Morgan fingerprint density at radius 2 is 1.15 bits per heavy atom. The van der Waals surface area contributed by atoms with Gasteiger partial charge in [0.05, 0.1) is 0 Å². The van der Waals surface area contributed by atoms with Crippen LogP contribution in [0.15, 0.2) is 92.0 Å². The van der Waals surface area contributed by atoms with E-state index in [1.807, 2.05) is 43.3 Å². The van der Waals surface area contributed by atoms with Crippen LogP contribution >= 0.6 is 0 Å². The molecule has 0 saturated heterocycles. The van der Waals surface area contributed by atoms with Crippen LogP contribution in [-0.2, 0) is 9.59 Å². The Labute approximate surface area is 193 Å². The average molecular weight is 437 g/mol. The summed E-state index contributed by atoms with van der Waals surface area (Å²) < 4.78 is 10.7. The minimum absolute atomic E-state index is 0.422. The summed E-state index contributed by atoms with van der Waals surface area (Å²) in [4.78, 5) is 24.2. The van der Waals surface area contributed by atoms with Gasteiger partial charge in [0, 0.05) is 12.2 Å². The van der Waals surface area contributed by atoms with E-state index in [4.69, 9.17) is 9.47 Å². The van der Waals surface area contributed by atoms with Crippen molar-refractivity contribution >= 4 is 36.2 Å². The molecule has 0 aliphatic carbocycles. The number of aryl methyl sites for hydroxylation is 1. The first kappa shape index (κ1) is 23.2. The molecule has 0 N–H and O–H groups in total. The highest BCUT2D eigenvalue weighted by molar-refractivity contribution is 5.90. The van der Waals surface area contributed by atoms with E-state index in [1.54, 1.807) is 54.6 Å². The minimum atomic E-state index is -0.484. The predicted octanol–water partition coefficient (Wildman–Crippen LogP) is 6.52. The Balaban J connectivity index is 1.57. The molecular weight excluding hydrogens is 412 g/mol. The largest absolute Gasteiger partial charge is 0.423 e. The van der Waals surface area contributed by atoms with Crippen LogP contribution in [0.3, 0.4) is 0 Å². The van der Waals surface area contributed by atoms with E-state index in [2.05, 4.69) is 13.2 Å². The summed E-state index contributed by atoms with van der Waals surface area (Å²) in [6.07, 6.45) is 9.56. The van der Waals surface area contributed by atoms with Crippen molar-refractivity contribution in [2.24, 2.45) is 0 Å². The highest BCUT2D eigenvalue weighted by atomic mass is 16.5. The molecule has 0 amide bonds. The van der Waals surface area contributed by atoms with Crippen molar-refractivity contribution in [2.75, 3.05) is 0 Å². The third kappa shape index (κ3) is 7.04. The van der Waals surface area contributed by atoms with Crippen LogP contribution in [0.2, 0.25) is 0 Å². The van der Waals surface area contributed by atoms with Crippen molar-refractivity contribution in [1.29, 1.82) is 0 Å². The van der Waals surface area contributed by atoms with Gasteiger partial charge in [0.2, 0.25) is 0 Å². The van der Waals surface area contributed by atoms with E-state index in [9.17, 15) is 9.59 Å². The van der Waals surface area contributed by atoms with Crippen molar-refractivity contribution in [3.05, 3.63) is 120 Å². The molecule has 4 nitrogen and oxygen atoms in total. The van der Waals surface area contributed by atoms with Gasteiger partial charge in [-0.05, 0) is 71.2 Å². The van der Waals surface area contributed by atoms with Gasteiger partial charge in [-0.25, -0.2) is 9.59 Å². The van der Waals surface area contributed by atoms with Crippen LogP contribution in [-0.4, -0.2) is 11.9 Å². The first-order valence-corrected chi connectivity index (χ1v) is 10.3. The van der Waals surface area contributed by atoms with Crippen LogP contribution < -0.4 is 9.47 Å². The number of carbonyl (C=O) groups is 2. The minimum Gasteiger partial charge on any atom is -0.423 e. The molecule has 0 aliphatic rings. The molecule has 0 atom stereocenters. The van der Waals surface area contributed by atoms with Crippen LogP contribution in [0.1, 0.15) is 27.8 Å². The van der Waals surface area contributed by atoms with E-state index in [1.165, 1.54) is 12.2 Å². The zero-order valence-electron chi connectivity index (χ0n) is 18.4. The first-order valence-electron chi connectivity index (χ1n) is 10.3. The summed E-state index contributed by atoms with van der Waals surface area (Å²) in [6.45, 7) is 9.27. The van der Waals surface area contributed by atoms with Gasteiger partial charge < -0.3 is 9.47 Å². The zero-order valence-corrected chi connectivity index (χ0v) is 18.4. The smallest absolute Gasteiger partial charge is 0.336 e. The Morgan fingerprint density at radius 1 is 0.667 bits per heavy atom. The fraction of sp³-hybridized carbons (Fsp3) is 0.0345. The summed E-state index contributed by atoms with van der Waals surface area (Å²) in [5.74, 6) is -0.0795. The fourth-order valence-corrected chi connectivity index (χ4v) is 2.94. The SMILES string of the molecule is C=Cc1ccc(/C=C/C(=O)Oc2ccc(/C=C/C(=O)Oc3ccc(C=C)cc3)c(C)c2)cc1. The molecule has 0 fully saturated rings. The summed E-state index contributed by atoms with van der Waals surface area (Å²) >= 11 is 0. The zero-order chi connectivity index (χ0) is 23.6. The van der Waals surface area contributed by atoms with Gasteiger partial charge in [-0.15, -0.1) is 0 Å². The quantitative estimate of drug-likeness (QED) is 0.229. The molecule has 0 unspecified atom stereocenters. The molecule has 0 aromatic heterocycles. The molecule has 164 valence electrons. The molecule has 3 rings (SSSR count). The molecule has 3 aromatic rings. The number of hydrogen-bond acceptors (Lipinski definition) is 4. The van der Waals surface area contributed by atoms with Crippen molar-refractivity contribution in [2.45, 2.75) is 6.92 Å². The maximum absolute atomic E-state index is 12.1. The maximum Gasteiger partial charge on any atom is 0.336 e. The van der Waals surface area contributed by atoms with Gasteiger partial charge in [-0.3, -0.25) is 0 Å². The topological polar surface area (TPSA) is 52.6 Å². The second-order valence-corrected chi connectivity index (χ2v) is 7.17. The molecule has 3 aromatic carbocycles. The maximum atomic E-state index is 12.1. The fourth-order valence-electron chi connectivity index (χ4n) is 2.94. The van der Waals surface area contributed by atoms with Crippen LogP contribution in [0.5, 0.6) is 11.5 Å². The third-order valence-electron chi connectivity index (χ3n) is 4.78. The number of carbonyl (C=O) groups excluding carboxylic acids is 2. The first-order chi connectivity index (χ1) is 16.0. The highest BCUT2D eigenvalue weighted by Gasteiger charge is 2.05. The average Bonchev–Trinajstić information content (AvgIpc) is 2.83. The van der Waals surface area contributed by atoms with Gasteiger partial charge in [0.1, 0.15) is 11.5 Å². The van der Waals surface area contributed by atoms with Crippen molar-refractivity contribution < 1.29 is 19.1 Å². The van der Waals surface area contributed by atoms with E-state index >= 15 is 0 Å². The Hall–Kier alpha value is -4.44. The summed E-state index contributed by atoms with van der Waals surface area (Å²) in [6, 6.07) is 19.9. The molecule has 4 heteroatoms. The van der Waals surface area contributed by atoms with E-state index < -0.39 is 11.9 Å². The van der Waals surface area contributed by atoms with E-state index in [0.717, 1.165) is 27.8 Å². The Bertz CT molecular complexity index is 1210. The molecule has 0 radical (unpaired) electrons. The van der Waals surface area contributed by atoms with Gasteiger partial charge in [-0.2, -0.15) is 0 Å². The lowest BCUT2D eigenvalue weighted by molar-refractivity contribution is -0.129. The number of hydrogen-bond donors (Lipinski definition) is 0. The molecule has 0 saturated carbocycles. The number of benzene rings is 3. The van der Waals surface area contributed by atoms with Gasteiger partial charge in [0.25, 0.3) is 0 Å². The summed E-state index contributed by atoms with van der Waals surface area (Å²) in [7, 11) is 0. The van der Waals surface area contributed by atoms with Gasteiger partial charge in [-0.1, -0.05) is 67.8 Å². The normalized spacial score (nSPS) is 10.8. The van der Waals surface area contributed by atoms with Crippen molar-refractivity contribution in [1.82, 2.24) is 0 Å². The van der Waals surface area contributed by atoms with Crippen LogP contribution in [0, 0.1) is 6.92 Å². The second-order valence-electron chi connectivity index (χ2n) is 7.17. The summed E-state index contributed by atoms with van der Waals surface area (Å²) in [5.41, 5.74) is 4.50. The Morgan fingerprint density at radius 3 is 1.73 bits per heavy atom. The molecule has 33 heavy (non-hydrogen) atoms. The standard InChI is InChI=1S/C29H24O4/c1-4-22-6-8-24(9-7-22)12-18-28(30)33-27-17-13-25(21(3)20-27)14-19-29(31)32-26-15-10-23(5-2)11-16-26/h4-20H,1-2H2,3H3/b18-12+,19-14+. The lowest BCUT2D eigenvalue weighted by Crippen LogP contribution is -2.04. The predicted molar refractivity (Wildman–Crippen MR) is 134 cm³/mol. The van der Waals surface area contributed by atoms with Crippen molar-refractivity contribution in [3.63, 3.8) is 0 Å². The monoisotopic (exact) mass is 436 g/mol. The molecule has 0 aliphatic heterocycles. The number of esters is 2. The van der Waals surface area contributed by atoms with Gasteiger partial charge in [0.15, 0.2) is 0 Å². The van der Waals surface area contributed by atoms with Crippen LogP contribution in [0.4, 0.5) is 0 Å². The van der Waals surface area contributed by atoms with Gasteiger partial charge >= 0.3 is 11.9 Å².